The van der Waals surface area contributed by atoms with Gasteiger partial charge < -0.3 is 9.88 Å². The molecule has 1 N–H and O–H groups in total. The summed E-state index contributed by atoms with van der Waals surface area (Å²) in [6, 6.07) is 0. The molecule has 0 aromatic carbocycles. The number of nitrogens with one attached hydrogen (secondary N) is 1. The van der Waals surface area contributed by atoms with Crippen molar-refractivity contribution in [2.75, 3.05) is 13.1 Å². The van der Waals surface area contributed by atoms with E-state index in [0.29, 0.717) is 0 Å². The quantitative estimate of drug-likeness (QED) is 0.819. The maximum absolute atomic E-state index is 4.17. The van der Waals surface area contributed by atoms with E-state index in [4.69, 9.17) is 0 Å². The van der Waals surface area contributed by atoms with Crippen LogP contribution in [0.3, 0.4) is 0 Å². The lowest BCUT2D eigenvalue weighted by Gasteiger charge is -2.27. The van der Waals surface area contributed by atoms with Crippen LogP contribution >= 0.6 is 24.8 Å². The van der Waals surface area contributed by atoms with Crippen LogP contribution in [0.4, 0.5) is 0 Å². The third kappa shape index (κ3) is 2.86. The van der Waals surface area contributed by atoms with E-state index in [0.717, 1.165) is 31.4 Å². The highest BCUT2D eigenvalue weighted by molar-refractivity contribution is 5.85. The Kier molecular flexibility index (Phi) is 5.37. The van der Waals surface area contributed by atoms with Crippen molar-refractivity contribution in [3.63, 3.8) is 0 Å². The minimum Gasteiger partial charge on any atom is -0.335 e. The van der Waals surface area contributed by atoms with E-state index >= 15 is 0 Å². The maximum atomic E-state index is 4.17. The molecule has 3 nitrogen and oxygen atoms in total. The molecule has 1 aromatic heterocycles. The van der Waals surface area contributed by atoms with Gasteiger partial charge in [0.15, 0.2) is 0 Å². The molecule has 2 rings (SSSR count). The van der Waals surface area contributed by atoms with Crippen LogP contribution in [0.15, 0.2) is 12.4 Å². The van der Waals surface area contributed by atoms with Gasteiger partial charge in [-0.05, 0) is 6.92 Å². The molecule has 0 amide bonds. The predicted octanol–water partition coefficient (Wildman–Crippen LogP) is 1.25. The molecule has 1 aromatic rings. The Balaban J connectivity index is 0.000000720. The molecular weight excluding hydrogens is 209 g/mol. The van der Waals surface area contributed by atoms with Crippen molar-refractivity contribution in [1.29, 1.82) is 0 Å². The standard InChI is InChI=1S/C8H13N3.2ClH/c1-7-10-2-3-11(7)6-8-4-9-5-8;;/h2-3,8-9H,4-6H2,1H3;2*1H. The van der Waals surface area contributed by atoms with E-state index in [1.165, 1.54) is 0 Å². The number of nitrogens with zero attached hydrogens (tertiary/aromatic N) is 2. The van der Waals surface area contributed by atoms with Gasteiger partial charge in [-0.3, -0.25) is 0 Å². The summed E-state index contributed by atoms with van der Waals surface area (Å²) in [6.45, 7) is 5.50. The largest absolute Gasteiger partial charge is 0.335 e. The highest BCUT2D eigenvalue weighted by Gasteiger charge is 2.17. The van der Waals surface area contributed by atoms with Crippen LogP contribution in [0.5, 0.6) is 0 Å². The van der Waals surface area contributed by atoms with Crippen molar-refractivity contribution in [1.82, 2.24) is 14.9 Å². The number of aryl methyl sites for hydroxylation is 1. The van der Waals surface area contributed by atoms with Gasteiger partial charge in [0.05, 0.1) is 0 Å². The SMILES string of the molecule is Cc1nccn1CC1CNC1.Cl.Cl. The second-order valence-electron chi connectivity index (χ2n) is 3.15. The molecule has 5 heteroatoms. The van der Waals surface area contributed by atoms with Crippen LogP contribution in [0.25, 0.3) is 0 Å². The number of imidazole rings is 1. The zero-order chi connectivity index (χ0) is 7.68. The highest BCUT2D eigenvalue weighted by Crippen LogP contribution is 2.07. The van der Waals surface area contributed by atoms with Gasteiger partial charge in [0.1, 0.15) is 5.82 Å². The molecule has 1 aliphatic heterocycles. The van der Waals surface area contributed by atoms with Crippen molar-refractivity contribution in [2.45, 2.75) is 13.5 Å². The third-order valence-corrected chi connectivity index (χ3v) is 2.24. The summed E-state index contributed by atoms with van der Waals surface area (Å²) in [5, 5.41) is 3.26. The molecule has 76 valence electrons. The zero-order valence-corrected chi connectivity index (χ0v) is 9.20. The molecule has 2 heterocycles. The van der Waals surface area contributed by atoms with Gasteiger partial charge in [-0.2, -0.15) is 0 Å². The van der Waals surface area contributed by atoms with Crippen molar-refractivity contribution in [3.8, 4) is 0 Å². The molecule has 0 unspecified atom stereocenters. The van der Waals surface area contributed by atoms with E-state index in [-0.39, 0.29) is 24.8 Å². The molecule has 1 aliphatic rings. The van der Waals surface area contributed by atoms with Gasteiger partial charge in [0, 0.05) is 37.9 Å². The number of hydrogen-bond acceptors (Lipinski definition) is 2. The van der Waals surface area contributed by atoms with Crippen LogP contribution < -0.4 is 5.32 Å². The summed E-state index contributed by atoms with van der Waals surface area (Å²) in [4.78, 5) is 4.17. The van der Waals surface area contributed by atoms with Crippen LogP contribution in [0.1, 0.15) is 5.82 Å². The lowest BCUT2D eigenvalue weighted by Crippen LogP contribution is -2.44. The minimum atomic E-state index is 0. The van der Waals surface area contributed by atoms with Gasteiger partial charge in [0.25, 0.3) is 0 Å². The molecule has 1 saturated heterocycles. The summed E-state index contributed by atoms with van der Waals surface area (Å²) in [5.74, 6) is 1.94. The average Bonchev–Trinajstić information content (AvgIpc) is 2.27. The van der Waals surface area contributed by atoms with Gasteiger partial charge in [-0.1, -0.05) is 0 Å². The van der Waals surface area contributed by atoms with E-state index in [1.807, 2.05) is 19.3 Å². The average molecular weight is 224 g/mol. The lowest BCUT2D eigenvalue weighted by atomic mass is 10.0. The molecule has 0 atom stereocenters. The summed E-state index contributed by atoms with van der Waals surface area (Å²) in [5.41, 5.74) is 0. The number of aromatic nitrogens is 2. The van der Waals surface area contributed by atoms with Crippen molar-refractivity contribution in [2.24, 2.45) is 5.92 Å². The van der Waals surface area contributed by atoms with Crippen LogP contribution in [-0.2, 0) is 6.54 Å². The van der Waals surface area contributed by atoms with Gasteiger partial charge in [-0.15, -0.1) is 24.8 Å². The second-order valence-corrected chi connectivity index (χ2v) is 3.15. The molecular formula is C8H15Cl2N3. The summed E-state index contributed by atoms with van der Waals surface area (Å²) in [6.07, 6.45) is 3.91. The Morgan fingerprint density at radius 2 is 2.23 bits per heavy atom. The molecule has 0 radical (unpaired) electrons. The third-order valence-electron chi connectivity index (χ3n) is 2.24. The Bertz CT molecular complexity index is 245. The summed E-state index contributed by atoms with van der Waals surface area (Å²) >= 11 is 0. The van der Waals surface area contributed by atoms with E-state index in [2.05, 4.69) is 14.9 Å². The maximum Gasteiger partial charge on any atom is 0.105 e. The van der Waals surface area contributed by atoms with E-state index < -0.39 is 0 Å². The van der Waals surface area contributed by atoms with Gasteiger partial charge >= 0.3 is 0 Å². The van der Waals surface area contributed by atoms with Gasteiger partial charge in [-0.25, -0.2) is 4.98 Å². The lowest BCUT2D eigenvalue weighted by molar-refractivity contribution is 0.304. The first-order valence-corrected chi connectivity index (χ1v) is 4.05. The molecule has 0 saturated carbocycles. The first-order chi connectivity index (χ1) is 5.36. The van der Waals surface area contributed by atoms with Gasteiger partial charge in [0.2, 0.25) is 0 Å². The monoisotopic (exact) mass is 223 g/mol. The number of halogens is 2. The molecule has 1 fully saturated rings. The molecule has 13 heavy (non-hydrogen) atoms. The Hall–Kier alpha value is -0.250. The fourth-order valence-corrected chi connectivity index (χ4v) is 1.35. The van der Waals surface area contributed by atoms with E-state index in [1.54, 1.807) is 0 Å². The fraction of sp³-hybridized carbons (Fsp3) is 0.625. The van der Waals surface area contributed by atoms with Crippen LogP contribution in [0, 0.1) is 12.8 Å². The first-order valence-electron chi connectivity index (χ1n) is 4.05. The first kappa shape index (κ1) is 12.8. The second kappa shape index (κ2) is 5.47. The van der Waals surface area contributed by atoms with E-state index in [9.17, 15) is 0 Å². The number of hydrogen-bond donors (Lipinski definition) is 1. The molecule has 0 spiro atoms. The predicted molar refractivity (Wildman–Crippen MR) is 57.8 cm³/mol. The molecule has 0 aliphatic carbocycles. The zero-order valence-electron chi connectivity index (χ0n) is 7.56. The van der Waals surface area contributed by atoms with Crippen molar-refractivity contribution in [3.05, 3.63) is 18.2 Å². The summed E-state index contributed by atoms with van der Waals surface area (Å²) < 4.78 is 2.21. The Morgan fingerprint density at radius 1 is 1.54 bits per heavy atom. The summed E-state index contributed by atoms with van der Waals surface area (Å²) in [7, 11) is 0. The van der Waals surface area contributed by atoms with Crippen molar-refractivity contribution >= 4 is 24.8 Å². The van der Waals surface area contributed by atoms with Crippen LogP contribution in [0.2, 0.25) is 0 Å². The fourth-order valence-electron chi connectivity index (χ4n) is 1.35. The molecule has 0 bridgehead atoms. The van der Waals surface area contributed by atoms with Crippen LogP contribution in [-0.4, -0.2) is 22.6 Å². The smallest absolute Gasteiger partial charge is 0.105 e. The highest BCUT2D eigenvalue weighted by atomic mass is 35.5. The Morgan fingerprint density at radius 3 is 2.62 bits per heavy atom. The Labute approximate surface area is 90.7 Å². The topological polar surface area (TPSA) is 29.9 Å². The minimum absolute atomic E-state index is 0. The normalized spacial score (nSPS) is 15.5. The van der Waals surface area contributed by atoms with Crippen molar-refractivity contribution < 1.29 is 0 Å². The number of rotatable bonds is 2.